The van der Waals surface area contributed by atoms with Gasteiger partial charge in [-0.15, -0.1) is 5.92 Å². The molecular weight excluding hydrogens is 136 g/mol. The molecule has 1 atom stereocenters. The van der Waals surface area contributed by atoms with Crippen molar-refractivity contribution in [1.82, 2.24) is 10.2 Å². The van der Waals surface area contributed by atoms with Crippen LogP contribution >= 0.6 is 0 Å². The number of piperazine rings is 1. The summed E-state index contributed by atoms with van der Waals surface area (Å²) in [5.41, 5.74) is 0. The molecule has 0 aromatic carbocycles. The Morgan fingerprint density at radius 1 is 1.64 bits per heavy atom. The van der Waals surface area contributed by atoms with Crippen molar-refractivity contribution < 1.29 is 0 Å². The average molecular weight is 152 g/mol. The molecule has 0 amide bonds. The van der Waals surface area contributed by atoms with Crippen molar-refractivity contribution in [2.75, 3.05) is 26.2 Å². The Bertz CT molecular complexity index is 166. The van der Waals surface area contributed by atoms with E-state index in [0.717, 1.165) is 26.2 Å². The molecule has 1 fully saturated rings. The Labute approximate surface area is 69.0 Å². The fourth-order valence-corrected chi connectivity index (χ4v) is 1.43. The number of likely N-dealkylation sites (N-methyl/N-ethyl adjacent to an activating group) is 1. The highest BCUT2D eigenvalue weighted by Crippen LogP contribution is 2.00. The molecule has 1 aliphatic rings. The summed E-state index contributed by atoms with van der Waals surface area (Å²) in [4.78, 5) is 2.41. The van der Waals surface area contributed by atoms with Crippen molar-refractivity contribution in [2.45, 2.75) is 19.9 Å². The smallest absolute Gasteiger partial charge is 0.0841 e. The third-order valence-electron chi connectivity index (χ3n) is 2.07. The van der Waals surface area contributed by atoms with Gasteiger partial charge in [0, 0.05) is 19.6 Å². The molecule has 0 aliphatic carbocycles. The Balaban J connectivity index is 2.49. The summed E-state index contributed by atoms with van der Waals surface area (Å²) < 4.78 is 0. The maximum absolute atomic E-state index is 3.34. The van der Waals surface area contributed by atoms with Crippen molar-refractivity contribution in [3.8, 4) is 11.8 Å². The molecule has 1 unspecified atom stereocenters. The van der Waals surface area contributed by atoms with Crippen LogP contribution < -0.4 is 5.32 Å². The van der Waals surface area contributed by atoms with E-state index in [1.807, 2.05) is 6.92 Å². The topological polar surface area (TPSA) is 15.3 Å². The number of rotatable bonds is 1. The summed E-state index contributed by atoms with van der Waals surface area (Å²) in [6.07, 6.45) is 0. The molecule has 0 aromatic rings. The van der Waals surface area contributed by atoms with Crippen LogP contribution in [0.25, 0.3) is 0 Å². The van der Waals surface area contributed by atoms with Crippen LogP contribution in [0.4, 0.5) is 0 Å². The number of hydrogen-bond donors (Lipinski definition) is 1. The van der Waals surface area contributed by atoms with Crippen LogP contribution in [0.1, 0.15) is 13.8 Å². The van der Waals surface area contributed by atoms with Gasteiger partial charge in [-0.25, -0.2) is 0 Å². The van der Waals surface area contributed by atoms with E-state index < -0.39 is 0 Å². The molecule has 11 heavy (non-hydrogen) atoms. The van der Waals surface area contributed by atoms with E-state index in [2.05, 4.69) is 29.0 Å². The lowest BCUT2D eigenvalue weighted by molar-refractivity contribution is 0.209. The molecule has 0 saturated carbocycles. The van der Waals surface area contributed by atoms with Gasteiger partial charge < -0.3 is 5.32 Å². The van der Waals surface area contributed by atoms with Gasteiger partial charge in [-0.3, -0.25) is 4.90 Å². The summed E-state index contributed by atoms with van der Waals surface area (Å²) in [6.45, 7) is 8.47. The first-order valence-corrected chi connectivity index (χ1v) is 4.25. The van der Waals surface area contributed by atoms with Crippen LogP contribution in [0.3, 0.4) is 0 Å². The third-order valence-corrected chi connectivity index (χ3v) is 2.07. The predicted molar refractivity (Wildman–Crippen MR) is 47.4 cm³/mol. The van der Waals surface area contributed by atoms with Crippen molar-refractivity contribution in [3.63, 3.8) is 0 Å². The van der Waals surface area contributed by atoms with Crippen molar-refractivity contribution in [3.05, 3.63) is 0 Å². The summed E-state index contributed by atoms with van der Waals surface area (Å²) >= 11 is 0. The fraction of sp³-hybridized carbons (Fsp3) is 0.778. The van der Waals surface area contributed by atoms with E-state index in [-0.39, 0.29) is 0 Å². The molecule has 2 heteroatoms. The van der Waals surface area contributed by atoms with Crippen LogP contribution in [0, 0.1) is 11.8 Å². The number of hydrogen-bond acceptors (Lipinski definition) is 2. The molecule has 2 nitrogen and oxygen atoms in total. The largest absolute Gasteiger partial charge is 0.313 e. The zero-order valence-corrected chi connectivity index (χ0v) is 7.35. The molecule has 0 radical (unpaired) electrons. The zero-order valence-electron chi connectivity index (χ0n) is 7.35. The molecular formula is C9H16N2. The first kappa shape index (κ1) is 8.58. The van der Waals surface area contributed by atoms with E-state index in [0.29, 0.717) is 6.04 Å². The zero-order chi connectivity index (χ0) is 8.10. The predicted octanol–water partition coefficient (Wildman–Crippen LogP) is 0.303. The second-order valence-corrected chi connectivity index (χ2v) is 2.74. The first-order valence-electron chi connectivity index (χ1n) is 4.25. The van der Waals surface area contributed by atoms with Crippen LogP contribution in [0.2, 0.25) is 0 Å². The monoisotopic (exact) mass is 152 g/mol. The lowest BCUT2D eigenvalue weighted by Gasteiger charge is -2.31. The Hall–Kier alpha value is -0.520. The number of nitrogens with one attached hydrogen (secondary N) is 1. The van der Waals surface area contributed by atoms with Crippen LogP contribution in [0.15, 0.2) is 0 Å². The van der Waals surface area contributed by atoms with E-state index in [1.165, 1.54) is 0 Å². The average Bonchev–Trinajstić information content (AvgIpc) is 2.06. The third kappa shape index (κ3) is 2.21. The minimum absolute atomic E-state index is 0.443. The van der Waals surface area contributed by atoms with Gasteiger partial charge in [0.05, 0.1) is 6.04 Å². The minimum atomic E-state index is 0.443. The fourth-order valence-electron chi connectivity index (χ4n) is 1.43. The van der Waals surface area contributed by atoms with E-state index in [1.54, 1.807) is 0 Å². The van der Waals surface area contributed by atoms with E-state index >= 15 is 0 Å². The van der Waals surface area contributed by atoms with Crippen molar-refractivity contribution in [1.29, 1.82) is 0 Å². The van der Waals surface area contributed by atoms with Gasteiger partial charge in [-0.1, -0.05) is 12.8 Å². The highest BCUT2D eigenvalue weighted by molar-refractivity contribution is 5.08. The molecule has 1 aliphatic heterocycles. The lowest BCUT2D eigenvalue weighted by atomic mass is 10.2. The standard InChI is InChI=1S/C9H16N2/c1-3-5-9-8-10-6-7-11(9)4-2/h9-10H,4,6-8H2,1-2H3. The Morgan fingerprint density at radius 3 is 3.09 bits per heavy atom. The summed E-state index contributed by atoms with van der Waals surface area (Å²) in [6, 6.07) is 0.443. The van der Waals surface area contributed by atoms with Crippen molar-refractivity contribution >= 4 is 0 Å². The molecule has 1 rings (SSSR count). The molecule has 0 bridgehead atoms. The van der Waals surface area contributed by atoms with Gasteiger partial charge in [0.15, 0.2) is 0 Å². The van der Waals surface area contributed by atoms with Gasteiger partial charge >= 0.3 is 0 Å². The molecule has 62 valence electrons. The van der Waals surface area contributed by atoms with E-state index in [9.17, 15) is 0 Å². The quantitative estimate of drug-likeness (QED) is 0.544. The lowest BCUT2D eigenvalue weighted by Crippen LogP contribution is -2.50. The maximum atomic E-state index is 3.34. The maximum Gasteiger partial charge on any atom is 0.0841 e. The summed E-state index contributed by atoms with van der Waals surface area (Å²) in [7, 11) is 0. The second-order valence-electron chi connectivity index (χ2n) is 2.74. The molecule has 1 N–H and O–H groups in total. The molecule has 0 spiro atoms. The van der Waals surface area contributed by atoms with Gasteiger partial charge in [-0.2, -0.15) is 0 Å². The van der Waals surface area contributed by atoms with Crippen LogP contribution in [0.5, 0.6) is 0 Å². The van der Waals surface area contributed by atoms with Crippen molar-refractivity contribution in [2.24, 2.45) is 0 Å². The van der Waals surface area contributed by atoms with Crippen LogP contribution in [-0.2, 0) is 0 Å². The summed E-state index contributed by atoms with van der Waals surface area (Å²) in [5, 5.41) is 3.34. The Morgan fingerprint density at radius 2 is 2.45 bits per heavy atom. The highest BCUT2D eigenvalue weighted by Gasteiger charge is 2.17. The SMILES string of the molecule is CC#CC1CNCCN1CC. The minimum Gasteiger partial charge on any atom is -0.313 e. The van der Waals surface area contributed by atoms with Gasteiger partial charge in [0.25, 0.3) is 0 Å². The second kappa shape index (κ2) is 4.38. The Kier molecular flexibility index (Phi) is 3.41. The van der Waals surface area contributed by atoms with E-state index in [4.69, 9.17) is 0 Å². The first-order chi connectivity index (χ1) is 5.38. The highest BCUT2D eigenvalue weighted by atomic mass is 15.2. The number of nitrogens with zero attached hydrogens (tertiary/aromatic N) is 1. The molecule has 1 saturated heterocycles. The molecule has 1 heterocycles. The van der Waals surface area contributed by atoms with Crippen LogP contribution in [-0.4, -0.2) is 37.1 Å². The summed E-state index contributed by atoms with van der Waals surface area (Å²) in [5.74, 6) is 6.17. The van der Waals surface area contributed by atoms with Gasteiger partial charge in [0.2, 0.25) is 0 Å². The molecule has 0 aromatic heterocycles. The van der Waals surface area contributed by atoms with Gasteiger partial charge in [0.1, 0.15) is 0 Å². The van der Waals surface area contributed by atoms with Gasteiger partial charge in [-0.05, 0) is 13.5 Å². The normalized spacial score (nSPS) is 25.8.